The molecule has 0 unspecified atom stereocenters. The largest absolute Gasteiger partial charge is 0.334 e. The number of nitrogens with zero attached hydrogens (tertiary/aromatic N) is 4. The van der Waals surface area contributed by atoms with E-state index < -0.39 is 11.8 Å². The second-order valence-corrected chi connectivity index (χ2v) is 7.43. The molecule has 7 nitrogen and oxygen atoms in total. The van der Waals surface area contributed by atoms with Gasteiger partial charge in [-0.3, -0.25) is 14.3 Å². The van der Waals surface area contributed by atoms with E-state index >= 15 is 0 Å². The average molecular weight is 361 g/mol. The Labute approximate surface area is 151 Å². The summed E-state index contributed by atoms with van der Waals surface area (Å²) in [5.41, 5.74) is 1.89. The van der Waals surface area contributed by atoms with Crippen LogP contribution in [0.25, 0.3) is 0 Å². The lowest BCUT2D eigenvalue weighted by Gasteiger charge is -2.31. The molecule has 3 heterocycles. The van der Waals surface area contributed by atoms with Crippen molar-refractivity contribution in [3.05, 3.63) is 28.7 Å². The van der Waals surface area contributed by atoms with E-state index in [-0.39, 0.29) is 6.04 Å². The highest BCUT2D eigenvalue weighted by Crippen LogP contribution is 2.25. The molecule has 2 amide bonds. The summed E-state index contributed by atoms with van der Waals surface area (Å²) in [7, 11) is 0. The van der Waals surface area contributed by atoms with Gasteiger partial charge < -0.3 is 10.2 Å². The van der Waals surface area contributed by atoms with Crippen molar-refractivity contribution in [2.24, 2.45) is 0 Å². The quantitative estimate of drug-likeness (QED) is 0.851. The zero-order valence-electron chi connectivity index (χ0n) is 14.8. The molecule has 1 aliphatic rings. The summed E-state index contributed by atoms with van der Waals surface area (Å²) in [5.74, 6) is -1.05. The van der Waals surface area contributed by atoms with E-state index in [1.165, 1.54) is 11.3 Å². The predicted molar refractivity (Wildman–Crippen MR) is 96.7 cm³/mol. The van der Waals surface area contributed by atoms with Crippen molar-refractivity contribution in [1.82, 2.24) is 19.7 Å². The first-order chi connectivity index (χ1) is 12.0. The Morgan fingerprint density at radius 2 is 2.04 bits per heavy atom. The van der Waals surface area contributed by atoms with Gasteiger partial charge in [-0.2, -0.15) is 5.10 Å². The molecule has 134 valence electrons. The molecule has 0 spiro atoms. The first kappa shape index (κ1) is 17.6. The van der Waals surface area contributed by atoms with Crippen LogP contribution < -0.4 is 5.32 Å². The van der Waals surface area contributed by atoms with E-state index in [1.54, 1.807) is 4.90 Å². The fraction of sp³-hybridized carbons (Fsp3) is 0.529. The number of anilines is 1. The number of aryl methyl sites for hydroxylation is 3. The van der Waals surface area contributed by atoms with Crippen molar-refractivity contribution in [1.29, 1.82) is 0 Å². The van der Waals surface area contributed by atoms with E-state index in [1.807, 2.05) is 37.8 Å². The maximum Gasteiger partial charge on any atom is 0.314 e. The summed E-state index contributed by atoms with van der Waals surface area (Å²) < 4.78 is 1.96. The van der Waals surface area contributed by atoms with E-state index in [4.69, 9.17) is 0 Å². The number of aromatic nitrogens is 3. The Hall–Kier alpha value is -2.22. The second-order valence-electron chi connectivity index (χ2n) is 6.35. The van der Waals surface area contributed by atoms with Crippen molar-refractivity contribution in [3.63, 3.8) is 0 Å². The Morgan fingerprint density at radius 1 is 1.32 bits per heavy atom. The predicted octanol–water partition coefficient (Wildman–Crippen LogP) is 2.32. The monoisotopic (exact) mass is 361 g/mol. The lowest BCUT2D eigenvalue weighted by molar-refractivity contribution is -0.144. The number of carbonyl (C=O) groups is 2. The lowest BCUT2D eigenvalue weighted by Crippen LogP contribution is -2.44. The molecule has 0 atom stereocenters. The highest BCUT2D eigenvalue weighted by atomic mass is 32.1. The Bertz CT molecular complexity index is 774. The Morgan fingerprint density at radius 3 is 2.60 bits per heavy atom. The molecule has 1 saturated heterocycles. The minimum atomic E-state index is -0.581. The molecule has 0 bridgehead atoms. The van der Waals surface area contributed by atoms with Crippen LogP contribution in [0.3, 0.4) is 0 Å². The minimum Gasteiger partial charge on any atom is -0.334 e. The fourth-order valence-electron chi connectivity index (χ4n) is 2.99. The van der Waals surface area contributed by atoms with Gasteiger partial charge in [0, 0.05) is 19.3 Å². The van der Waals surface area contributed by atoms with Crippen LogP contribution in [0, 0.1) is 13.8 Å². The van der Waals surface area contributed by atoms with Crippen molar-refractivity contribution >= 4 is 28.2 Å². The zero-order chi connectivity index (χ0) is 18.0. The molecular weight excluding hydrogens is 338 g/mol. The number of carbonyl (C=O) groups excluding carboxylic acids is 2. The maximum absolute atomic E-state index is 12.4. The Balaban J connectivity index is 1.56. The molecule has 0 aromatic carbocycles. The summed E-state index contributed by atoms with van der Waals surface area (Å²) in [6, 6.07) is 0.289. The van der Waals surface area contributed by atoms with Crippen LogP contribution in [0.1, 0.15) is 42.1 Å². The third-order valence-electron chi connectivity index (χ3n) is 4.42. The number of rotatable bonds is 3. The van der Waals surface area contributed by atoms with Crippen molar-refractivity contribution in [3.8, 4) is 0 Å². The zero-order valence-corrected chi connectivity index (χ0v) is 15.6. The lowest BCUT2D eigenvalue weighted by atomic mass is 10.1. The number of likely N-dealkylation sites (tertiary alicyclic amines) is 1. The van der Waals surface area contributed by atoms with Gasteiger partial charge in [-0.25, -0.2) is 4.98 Å². The van der Waals surface area contributed by atoms with Crippen LogP contribution in [0.4, 0.5) is 5.00 Å². The topological polar surface area (TPSA) is 80.1 Å². The van der Waals surface area contributed by atoms with Gasteiger partial charge >= 0.3 is 11.8 Å². The van der Waals surface area contributed by atoms with Crippen LogP contribution >= 0.6 is 11.3 Å². The maximum atomic E-state index is 12.4. The molecule has 2 aromatic rings. The third-order valence-corrected chi connectivity index (χ3v) is 5.64. The van der Waals surface area contributed by atoms with E-state index in [0.29, 0.717) is 18.1 Å². The molecule has 0 aliphatic carbocycles. The molecule has 3 rings (SSSR count). The van der Waals surface area contributed by atoms with Crippen LogP contribution in [0.5, 0.6) is 0 Å². The minimum absolute atomic E-state index is 0.289. The molecule has 0 saturated carbocycles. The average Bonchev–Trinajstić information content (AvgIpc) is 3.20. The summed E-state index contributed by atoms with van der Waals surface area (Å²) >= 11 is 1.43. The summed E-state index contributed by atoms with van der Waals surface area (Å²) in [6.07, 6.45) is 6.29. The van der Waals surface area contributed by atoms with Crippen molar-refractivity contribution in [2.75, 3.05) is 18.4 Å². The van der Waals surface area contributed by atoms with Crippen molar-refractivity contribution in [2.45, 2.75) is 46.1 Å². The number of amides is 2. The molecular formula is C17H23N5O2S. The van der Waals surface area contributed by atoms with Gasteiger partial charge in [0.25, 0.3) is 0 Å². The van der Waals surface area contributed by atoms with E-state index in [9.17, 15) is 9.59 Å². The SMILES string of the molecule is CCc1nc(C)c(NC(=O)C(=O)N2CCC(n3cc(C)cn3)CC2)s1. The molecule has 1 N–H and O–H groups in total. The third kappa shape index (κ3) is 3.89. The summed E-state index contributed by atoms with van der Waals surface area (Å²) in [5, 5.41) is 8.68. The highest BCUT2D eigenvalue weighted by Gasteiger charge is 2.28. The molecule has 1 aliphatic heterocycles. The summed E-state index contributed by atoms with van der Waals surface area (Å²) in [6.45, 7) is 7.00. The molecule has 1 fully saturated rings. The van der Waals surface area contributed by atoms with Gasteiger partial charge in [0.1, 0.15) is 5.00 Å². The normalized spacial score (nSPS) is 15.4. The van der Waals surface area contributed by atoms with E-state index in [2.05, 4.69) is 15.4 Å². The fourth-order valence-corrected chi connectivity index (χ4v) is 3.89. The first-order valence-corrected chi connectivity index (χ1v) is 9.37. The van der Waals surface area contributed by atoms with Gasteiger partial charge in [0.2, 0.25) is 0 Å². The number of hydrogen-bond donors (Lipinski definition) is 1. The molecule has 25 heavy (non-hydrogen) atoms. The molecule has 2 aromatic heterocycles. The van der Waals surface area contributed by atoms with Gasteiger partial charge in [-0.1, -0.05) is 6.92 Å². The van der Waals surface area contributed by atoms with Gasteiger partial charge in [0.05, 0.1) is 22.9 Å². The highest BCUT2D eigenvalue weighted by molar-refractivity contribution is 7.16. The van der Waals surface area contributed by atoms with Crippen LogP contribution in [-0.2, 0) is 16.0 Å². The number of thiazole rings is 1. The number of hydrogen-bond acceptors (Lipinski definition) is 5. The standard InChI is InChI=1S/C17H23N5O2S/c1-4-14-19-12(3)16(25-14)20-15(23)17(24)21-7-5-13(6-8-21)22-10-11(2)9-18-22/h9-10,13H,4-8H2,1-3H3,(H,20,23). The smallest absolute Gasteiger partial charge is 0.314 e. The van der Waals surface area contributed by atoms with Crippen molar-refractivity contribution < 1.29 is 9.59 Å². The van der Waals surface area contributed by atoms with Gasteiger partial charge in [-0.15, -0.1) is 11.3 Å². The van der Waals surface area contributed by atoms with Crippen LogP contribution in [0.2, 0.25) is 0 Å². The summed E-state index contributed by atoms with van der Waals surface area (Å²) in [4.78, 5) is 30.7. The van der Waals surface area contributed by atoms with E-state index in [0.717, 1.165) is 35.5 Å². The number of piperidine rings is 1. The number of nitrogens with one attached hydrogen (secondary N) is 1. The second kappa shape index (κ2) is 7.35. The van der Waals surface area contributed by atoms with Gasteiger partial charge in [0.15, 0.2) is 0 Å². The van der Waals surface area contributed by atoms with Crippen LogP contribution in [0.15, 0.2) is 12.4 Å². The first-order valence-electron chi connectivity index (χ1n) is 8.55. The van der Waals surface area contributed by atoms with Gasteiger partial charge in [-0.05, 0) is 38.7 Å². The van der Waals surface area contributed by atoms with Crippen LogP contribution in [-0.4, -0.2) is 44.6 Å². The molecule has 8 heteroatoms. The molecule has 0 radical (unpaired) electrons. The Kier molecular flexibility index (Phi) is 5.17.